The van der Waals surface area contributed by atoms with Crippen molar-refractivity contribution in [3.63, 3.8) is 0 Å². The fraction of sp³-hybridized carbons (Fsp3) is 0.636. The number of piperidine rings is 1. The molecule has 1 unspecified atom stereocenters. The summed E-state index contributed by atoms with van der Waals surface area (Å²) in [7, 11) is 0. The van der Waals surface area contributed by atoms with E-state index in [2.05, 4.69) is 30.0 Å². The summed E-state index contributed by atoms with van der Waals surface area (Å²) in [4.78, 5) is 27.0. The van der Waals surface area contributed by atoms with Gasteiger partial charge in [-0.2, -0.15) is 0 Å². The molecule has 0 aromatic heterocycles. The van der Waals surface area contributed by atoms with Gasteiger partial charge in [0, 0.05) is 24.9 Å². The molecule has 0 N–H and O–H groups in total. The average molecular weight is 337 g/mol. The van der Waals surface area contributed by atoms with E-state index in [9.17, 15) is 9.59 Å². The summed E-state index contributed by atoms with van der Waals surface area (Å²) in [5.74, 6) is 0.682. The Labute approximate surface area is 149 Å². The van der Waals surface area contributed by atoms with Gasteiger partial charge >= 0.3 is 0 Å². The molecule has 1 saturated heterocycles. The van der Waals surface area contributed by atoms with E-state index in [0.29, 0.717) is 6.42 Å². The second kappa shape index (κ2) is 5.26. The number of carbonyl (C=O) groups excluding carboxylic acids is 2. The van der Waals surface area contributed by atoms with Crippen molar-refractivity contribution in [3.8, 4) is 0 Å². The Hall–Kier alpha value is -1.48. The van der Waals surface area contributed by atoms with Crippen molar-refractivity contribution in [3.05, 3.63) is 34.9 Å². The van der Waals surface area contributed by atoms with Gasteiger partial charge in [0.05, 0.1) is 5.92 Å². The fourth-order valence-electron chi connectivity index (χ4n) is 6.18. The highest BCUT2D eigenvalue weighted by Gasteiger charge is 2.63. The number of Topliss-reactive ketones (excluding diaryl/α,β-unsaturated/α-hetero) is 1. The smallest absolute Gasteiger partial charge is 0.143 e. The number of aldehydes is 1. The predicted molar refractivity (Wildman–Crippen MR) is 96.6 cm³/mol. The summed E-state index contributed by atoms with van der Waals surface area (Å²) >= 11 is 0. The van der Waals surface area contributed by atoms with Crippen molar-refractivity contribution in [2.45, 2.75) is 50.9 Å². The van der Waals surface area contributed by atoms with Crippen LogP contribution < -0.4 is 0 Å². The lowest BCUT2D eigenvalue weighted by Crippen LogP contribution is -2.61. The Morgan fingerprint density at radius 3 is 2.88 bits per heavy atom. The SMILES string of the molecule is Cc1ccc2c(c1)[C@]13CCN(CC4CC4)C[C@@]1(C2)CC(C=O)C(=O)C3. The highest BCUT2D eigenvalue weighted by atomic mass is 16.1. The van der Waals surface area contributed by atoms with Crippen LogP contribution in [0, 0.1) is 24.2 Å². The molecule has 0 bridgehead atoms. The van der Waals surface area contributed by atoms with Crippen molar-refractivity contribution in [2.75, 3.05) is 19.6 Å². The number of likely N-dealkylation sites (tertiary alicyclic amines) is 1. The lowest BCUT2D eigenvalue weighted by atomic mass is 9.51. The zero-order chi connectivity index (χ0) is 17.2. The van der Waals surface area contributed by atoms with E-state index < -0.39 is 0 Å². The van der Waals surface area contributed by atoms with Crippen LogP contribution in [0.5, 0.6) is 0 Å². The molecule has 1 aromatic carbocycles. The molecule has 3 heteroatoms. The molecule has 5 rings (SSSR count). The van der Waals surface area contributed by atoms with E-state index in [4.69, 9.17) is 0 Å². The Balaban J connectivity index is 1.59. The average Bonchev–Trinajstić information content (AvgIpc) is 3.36. The summed E-state index contributed by atoms with van der Waals surface area (Å²) in [5, 5.41) is 0. The first-order valence-corrected chi connectivity index (χ1v) is 9.86. The minimum atomic E-state index is -0.385. The zero-order valence-electron chi connectivity index (χ0n) is 15.1. The maximum absolute atomic E-state index is 12.7. The Morgan fingerprint density at radius 2 is 2.12 bits per heavy atom. The van der Waals surface area contributed by atoms with Crippen LogP contribution in [0.2, 0.25) is 0 Å². The normalized spacial score (nSPS) is 37.3. The van der Waals surface area contributed by atoms with E-state index in [1.807, 2.05) is 0 Å². The number of rotatable bonds is 3. The third-order valence-electron chi connectivity index (χ3n) is 7.58. The van der Waals surface area contributed by atoms with Gasteiger partial charge in [0.2, 0.25) is 0 Å². The van der Waals surface area contributed by atoms with Crippen molar-refractivity contribution < 1.29 is 9.59 Å². The third-order valence-corrected chi connectivity index (χ3v) is 7.58. The molecule has 0 amide bonds. The van der Waals surface area contributed by atoms with Crippen LogP contribution in [-0.4, -0.2) is 36.6 Å². The van der Waals surface area contributed by atoms with Crippen molar-refractivity contribution in [2.24, 2.45) is 17.3 Å². The van der Waals surface area contributed by atoms with Crippen LogP contribution in [-0.2, 0) is 21.4 Å². The Kier molecular flexibility index (Phi) is 3.31. The van der Waals surface area contributed by atoms with Crippen molar-refractivity contribution in [1.29, 1.82) is 0 Å². The highest BCUT2D eigenvalue weighted by molar-refractivity contribution is 5.95. The predicted octanol–water partition coefficient (Wildman–Crippen LogP) is 3.07. The van der Waals surface area contributed by atoms with Crippen LogP contribution in [0.1, 0.15) is 48.8 Å². The summed E-state index contributed by atoms with van der Waals surface area (Å²) < 4.78 is 0. The number of aryl methyl sites for hydroxylation is 1. The van der Waals surface area contributed by atoms with E-state index >= 15 is 0 Å². The summed E-state index contributed by atoms with van der Waals surface area (Å²) in [5.41, 5.74) is 4.20. The van der Waals surface area contributed by atoms with Crippen LogP contribution in [0.3, 0.4) is 0 Å². The molecule has 0 radical (unpaired) electrons. The van der Waals surface area contributed by atoms with E-state index in [1.165, 1.54) is 36.1 Å². The summed E-state index contributed by atoms with van der Waals surface area (Å²) in [6.45, 7) is 5.53. The standard InChI is InChI=1S/C22H27NO2/c1-15-2-5-17-9-21-10-18(13-24)20(25)11-22(21,19(17)8-15)6-7-23(14-21)12-16-3-4-16/h2,5,8,13,16,18H,3-4,6-7,9-12,14H2,1H3/t18?,21-,22-/m1/s1. The van der Waals surface area contributed by atoms with Gasteiger partial charge < -0.3 is 9.69 Å². The quantitative estimate of drug-likeness (QED) is 0.628. The number of fused-ring (bicyclic) bond motifs is 1. The molecule has 3 nitrogen and oxygen atoms in total. The first-order valence-electron chi connectivity index (χ1n) is 9.86. The zero-order valence-corrected chi connectivity index (χ0v) is 15.1. The molecular weight excluding hydrogens is 310 g/mol. The second-order valence-corrected chi connectivity index (χ2v) is 9.22. The lowest BCUT2D eigenvalue weighted by Gasteiger charge is -2.57. The van der Waals surface area contributed by atoms with E-state index in [-0.39, 0.29) is 22.5 Å². The lowest BCUT2D eigenvalue weighted by molar-refractivity contribution is -0.140. The van der Waals surface area contributed by atoms with Gasteiger partial charge in [0.15, 0.2) is 0 Å². The number of hydrogen-bond donors (Lipinski definition) is 0. The molecule has 2 saturated carbocycles. The Morgan fingerprint density at radius 1 is 1.28 bits per heavy atom. The summed E-state index contributed by atoms with van der Waals surface area (Å²) in [6, 6.07) is 6.82. The number of carbonyl (C=O) groups is 2. The van der Waals surface area contributed by atoms with E-state index in [1.54, 1.807) is 0 Å². The van der Waals surface area contributed by atoms with Gasteiger partial charge in [-0.3, -0.25) is 4.79 Å². The molecular formula is C22H27NO2. The third kappa shape index (κ3) is 2.21. The fourth-order valence-corrected chi connectivity index (χ4v) is 6.18. The van der Waals surface area contributed by atoms with Crippen molar-refractivity contribution in [1.82, 2.24) is 4.90 Å². The molecule has 132 valence electrons. The van der Waals surface area contributed by atoms with Crippen LogP contribution in [0.4, 0.5) is 0 Å². The number of nitrogens with zero attached hydrogens (tertiary/aromatic N) is 1. The van der Waals surface area contributed by atoms with Crippen LogP contribution >= 0.6 is 0 Å². The minimum absolute atomic E-state index is 0.0228. The second-order valence-electron chi connectivity index (χ2n) is 9.22. The molecule has 3 aliphatic carbocycles. The molecule has 1 aromatic rings. The van der Waals surface area contributed by atoms with Gasteiger partial charge in [-0.1, -0.05) is 23.8 Å². The maximum atomic E-state index is 12.7. The first kappa shape index (κ1) is 15.7. The maximum Gasteiger partial charge on any atom is 0.143 e. The topological polar surface area (TPSA) is 37.4 Å². The largest absolute Gasteiger partial charge is 0.303 e. The summed E-state index contributed by atoms with van der Waals surface area (Å²) in [6.07, 6.45) is 7.13. The van der Waals surface area contributed by atoms with Gasteiger partial charge in [-0.25, -0.2) is 0 Å². The molecule has 1 heterocycles. The molecule has 4 aliphatic rings. The molecule has 3 atom stereocenters. The molecule has 25 heavy (non-hydrogen) atoms. The van der Waals surface area contributed by atoms with Crippen LogP contribution in [0.15, 0.2) is 18.2 Å². The van der Waals surface area contributed by atoms with Gasteiger partial charge in [0.1, 0.15) is 12.1 Å². The monoisotopic (exact) mass is 337 g/mol. The number of ketones is 1. The Bertz CT molecular complexity index is 752. The van der Waals surface area contributed by atoms with Gasteiger partial charge in [-0.05, 0) is 68.0 Å². The number of hydrogen-bond acceptors (Lipinski definition) is 3. The first-order chi connectivity index (χ1) is 12.1. The molecule has 0 spiro atoms. The van der Waals surface area contributed by atoms with Gasteiger partial charge in [-0.15, -0.1) is 0 Å². The molecule has 1 aliphatic heterocycles. The highest BCUT2D eigenvalue weighted by Crippen LogP contribution is 2.63. The van der Waals surface area contributed by atoms with E-state index in [0.717, 1.165) is 44.6 Å². The van der Waals surface area contributed by atoms with Gasteiger partial charge in [0.25, 0.3) is 0 Å². The van der Waals surface area contributed by atoms with Crippen LogP contribution in [0.25, 0.3) is 0 Å². The number of benzene rings is 1. The molecule has 3 fully saturated rings. The van der Waals surface area contributed by atoms with Crippen molar-refractivity contribution >= 4 is 12.1 Å². The minimum Gasteiger partial charge on any atom is -0.303 e.